The second-order valence-electron chi connectivity index (χ2n) is 5.77. The van der Waals surface area contributed by atoms with Gasteiger partial charge >= 0.3 is 0 Å². The van der Waals surface area contributed by atoms with Crippen LogP contribution in [0.2, 0.25) is 0 Å². The van der Waals surface area contributed by atoms with Crippen LogP contribution in [0.15, 0.2) is 41.3 Å². The minimum atomic E-state index is -3.72. The Bertz CT molecular complexity index is 910. The van der Waals surface area contributed by atoms with Crippen molar-refractivity contribution in [3.05, 3.63) is 58.9 Å². The number of nitrogens with one attached hydrogen (secondary N) is 2. The van der Waals surface area contributed by atoms with Crippen molar-refractivity contribution in [2.45, 2.75) is 31.2 Å². The lowest BCUT2D eigenvalue weighted by Gasteiger charge is -2.17. The zero-order valence-corrected chi connectivity index (χ0v) is 13.9. The van der Waals surface area contributed by atoms with Gasteiger partial charge in [0, 0.05) is 18.7 Å². The van der Waals surface area contributed by atoms with Crippen molar-refractivity contribution in [3.8, 4) is 0 Å². The number of fused-ring (bicyclic) bond motifs is 1. The molecule has 0 unspecified atom stereocenters. The molecule has 0 fully saturated rings. The van der Waals surface area contributed by atoms with Crippen LogP contribution in [-0.4, -0.2) is 14.3 Å². The highest BCUT2D eigenvalue weighted by atomic mass is 32.2. The number of amides is 1. The molecule has 0 radical (unpaired) electrons. The molecule has 0 bridgehead atoms. The molecule has 0 aliphatic carbocycles. The molecule has 126 valence electrons. The third-order valence-electron chi connectivity index (χ3n) is 3.96. The Labute approximate surface area is 139 Å². The summed E-state index contributed by atoms with van der Waals surface area (Å²) in [7, 11) is -3.72. The number of hydrogen-bond acceptors (Lipinski definition) is 3. The molecule has 5 nitrogen and oxygen atoms in total. The summed E-state index contributed by atoms with van der Waals surface area (Å²) in [4.78, 5) is 11.4. The maximum absolute atomic E-state index is 13.1. The molecule has 3 rings (SSSR count). The first-order chi connectivity index (χ1) is 11.3. The Hall–Kier alpha value is -2.25. The highest BCUT2D eigenvalue weighted by Crippen LogP contribution is 2.24. The fourth-order valence-corrected chi connectivity index (χ4v) is 3.96. The SMILES string of the molecule is Cc1cc(F)ccc1S(=O)(=O)NCc1ccc2c(c1)CCC(=O)N2. The Morgan fingerprint density at radius 2 is 1.96 bits per heavy atom. The Kier molecular flexibility index (Phi) is 4.38. The number of benzene rings is 2. The van der Waals surface area contributed by atoms with E-state index in [0.29, 0.717) is 18.4 Å². The van der Waals surface area contributed by atoms with Gasteiger partial charge in [0.05, 0.1) is 4.90 Å². The summed E-state index contributed by atoms with van der Waals surface area (Å²) < 4.78 is 40.4. The molecular weight excluding hydrogens is 331 g/mol. The van der Waals surface area contributed by atoms with E-state index in [1.54, 1.807) is 19.1 Å². The Morgan fingerprint density at radius 3 is 2.71 bits per heavy atom. The maximum Gasteiger partial charge on any atom is 0.241 e. The summed E-state index contributed by atoms with van der Waals surface area (Å²) in [5, 5.41) is 2.78. The van der Waals surface area contributed by atoms with Crippen molar-refractivity contribution < 1.29 is 17.6 Å². The van der Waals surface area contributed by atoms with Gasteiger partial charge in [0.2, 0.25) is 15.9 Å². The normalized spacial score (nSPS) is 14.2. The van der Waals surface area contributed by atoms with E-state index in [9.17, 15) is 17.6 Å². The number of rotatable bonds is 4. The van der Waals surface area contributed by atoms with Crippen LogP contribution in [0.4, 0.5) is 10.1 Å². The zero-order chi connectivity index (χ0) is 17.3. The fourth-order valence-electron chi connectivity index (χ4n) is 2.72. The molecule has 7 heteroatoms. The number of anilines is 1. The molecular formula is C17H17FN2O3S. The van der Waals surface area contributed by atoms with Crippen LogP contribution >= 0.6 is 0 Å². The average molecular weight is 348 g/mol. The van der Waals surface area contributed by atoms with Crippen molar-refractivity contribution in [2.75, 3.05) is 5.32 Å². The monoisotopic (exact) mass is 348 g/mol. The minimum absolute atomic E-state index is 0.0114. The molecule has 2 aromatic carbocycles. The van der Waals surface area contributed by atoms with E-state index in [2.05, 4.69) is 10.0 Å². The Morgan fingerprint density at radius 1 is 1.17 bits per heavy atom. The average Bonchev–Trinajstić information content (AvgIpc) is 2.52. The van der Waals surface area contributed by atoms with E-state index in [1.165, 1.54) is 12.1 Å². The van der Waals surface area contributed by atoms with Gasteiger partial charge in [0.1, 0.15) is 5.82 Å². The predicted octanol–water partition coefficient (Wildman–Crippen LogP) is 2.50. The van der Waals surface area contributed by atoms with Crippen molar-refractivity contribution in [3.63, 3.8) is 0 Å². The molecule has 0 saturated heterocycles. The molecule has 0 aromatic heterocycles. The van der Waals surface area contributed by atoms with Gasteiger partial charge in [-0.05, 0) is 54.3 Å². The standard InChI is InChI=1S/C17H17FN2O3S/c1-11-8-14(18)4-6-16(11)24(22,23)19-10-12-2-5-15-13(9-12)3-7-17(21)20-15/h2,4-6,8-9,19H,3,7,10H2,1H3,(H,20,21). The molecule has 0 atom stereocenters. The molecule has 0 saturated carbocycles. The topological polar surface area (TPSA) is 75.3 Å². The largest absolute Gasteiger partial charge is 0.326 e. The molecule has 2 aromatic rings. The van der Waals surface area contributed by atoms with Gasteiger partial charge in [-0.2, -0.15) is 0 Å². The van der Waals surface area contributed by atoms with Gasteiger partial charge in [-0.3, -0.25) is 4.79 Å². The van der Waals surface area contributed by atoms with Crippen LogP contribution in [0.25, 0.3) is 0 Å². The second kappa shape index (κ2) is 6.33. The van der Waals surface area contributed by atoms with Crippen LogP contribution in [0.3, 0.4) is 0 Å². The summed E-state index contributed by atoms with van der Waals surface area (Å²) in [5.74, 6) is -0.481. The lowest BCUT2D eigenvalue weighted by atomic mass is 10.0. The van der Waals surface area contributed by atoms with Gasteiger partial charge in [-0.25, -0.2) is 17.5 Å². The third-order valence-corrected chi connectivity index (χ3v) is 5.52. The summed E-state index contributed by atoms with van der Waals surface area (Å²) in [5.41, 5.74) is 2.92. The molecule has 0 spiro atoms. The van der Waals surface area contributed by atoms with Crippen LogP contribution in [0.1, 0.15) is 23.1 Å². The van der Waals surface area contributed by atoms with E-state index < -0.39 is 15.8 Å². The second-order valence-corrected chi connectivity index (χ2v) is 7.51. The minimum Gasteiger partial charge on any atom is -0.326 e. The van der Waals surface area contributed by atoms with Crippen LogP contribution in [0, 0.1) is 12.7 Å². The van der Waals surface area contributed by atoms with E-state index in [4.69, 9.17) is 0 Å². The summed E-state index contributed by atoms with van der Waals surface area (Å²) >= 11 is 0. The summed E-state index contributed by atoms with van der Waals surface area (Å²) in [6.45, 7) is 1.68. The lowest BCUT2D eigenvalue weighted by Crippen LogP contribution is -2.24. The van der Waals surface area contributed by atoms with Gasteiger partial charge in [0.25, 0.3) is 0 Å². The Balaban J connectivity index is 1.76. The number of sulfonamides is 1. The van der Waals surface area contributed by atoms with Crippen molar-refractivity contribution in [1.82, 2.24) is 4.72 Å². The molecule has 24 heavy (non-hydrogen) atoms. The van der Waals surface area contributed by atoms with E-state index in [-0.39, 0.29) is 17.3 Å². The maximum atomic E-state index is 13.1. The predicted molar refractivity (Wildman–Crippen MR) is 88.6 cm³/mol. The van der Waals surface area contributed by atoms with Gasteiger partial charge < -0.3 is 5.32 Å². The smallest absolute Gasteiger partial charge is 0.241 e. The van der Waals surface area contributed by atoms with Crippen molar-refractivity contribution >= 4 is 21.6 Å². The molecule has 1 amide bonds. The van der Waals surface area contributed by atoms with Crippen LogP contribution in [0.5, 0.6) is 0 Å². The molecule has 1 aliphatic heterocycles. The van der Waals surface area contributed by atoms with Crippen LogP contribution in [-0.2, 0) is 27.8 Å². The van der Waals surface area contributed by atoms with E-state index >= 15 is 0 Å². The number of carbonyl (C=O) groups excluding carboxylic acids is 1. The van der Waals surface area contributed by atoms with Crippen molar-refractivity contribution in [2.24, 2.45) is 0 Å². The first kappa shape index (κ1) is 16.6. The van der Waals surface area contributed by atoms with Gasteiger partial charge in [-0.1, -0.05) is 12.1 Å². The third kappa shape index (κ3) is 3.47. The number of aryl methyl sites for hydroxylation is 2. The highest BCUT2D eigenvalue weighted by molar-refractivity contribution is 7.89. The van der Waals surface area contributed by atoms with E-state index in [0.717, 1.165) is 22.9 Å². The zero-order valence-electron chi connectivity index (χ0n) is 13.1. The number of carbonyl (C=O) groups is 1. The summed E-state index contributed by atoms with van der Waals surface area (Å²) in [6, 6.07) is 9.01. The fraction of sp³-hybridized carbons (Fsp3) is 0.235. The van der Waals surface area contributed by atoms with E-state index in [1.807, 2.05) is 6.07 Å². The summed E-state index contributed by atoms with van der Waals surface area (Å²) in [6.07, 6.45) is 1.07. The van der Waals surface area contributed by atoms with Gasteiger partial charge in [0.15, 0.2) is 0 Å². The number of hydrogen-bond donors (Lipinski definition) is 2. The molecule has 2 N–H and O–H groups in total. The first-order valence-corrected chi connectivity index (χ1v) is 9.01. The highest BCUT2D eigenvalue weighted by Gasteiger charge is 2.18. The first-order valence-electron chi connectivity index (χ1n) is 7.52. The van der Waals surface area contributed by atoms with Crippen LogP contribution < -0.4 is 10.0 Å². The van der Waals surface area contributed by atoms with Crippen molar-refractivity contribution in [1.29, 1.82) is 0 Å². The molecule has 1 heterocycles. The molecule has 1 aliphatic rings. The quantitative estimate of drug-likeness (QED) is 0.891. The number of halogens is 1. The lowest BCUT2D eigenvalue weighted by molar-refractivity contribution is -0.116. The van der Waals surface area contributed by atoms with Gasteiger partial charge in [-0.15, -0.1) is 0 Å².